The summed E-state index contributed by atoms with van der Waals surface area (Å²) >= 11 is 6.24. The van der Waals surface area contributed by atoms with E-state index >= 15 is 4.39 Å². The lowest BCUT2D eigenvalue weighted by atomic mass is 9.81. The molecule has 1 heterocycles. The van der Waals surface area contributed by atoms with Crippen molar-refractivity contribution < 1.29 is 23.8 Å². The zero-order chi connectivity index (χ0) is 21.6. The van der Waals surface area contributed by atoms with E-state index in [0.29, 0.717) is 22.6 Å². The Bertz CT molecular complexity index is 966. The number of aliphatic carboxylic acids is 1. The summed E-state index contributed by atoms with van der Waals surface area (Å²) in [4.78, 5) is 11.6. The molecule has 0 bridgehead atoms. The van der Waals surface area contributed by atoms with Crippen LogP contribution in [0.3, 0.4) is 0 Å². The SMILES string of the molecule is CCc1c(C(C)(C)C(=O)O)ccc(OCc2cc(Cl)cc3c2OC(C)(C)C3)c1F. The summed E-state index contributed by atoms with van der Waals surface area (Å²) in [6.07, 6.45) is 1.10. The molecule has 3 rings (SSSR count). The fraction of sp³-hybridized carbons (Fsp3) is 0.435. The monoisotopic (exact) mass is 420 g/mol. The molecule has 0 radical (unpaired) electrons. The number of carbonyl (C=O) groups is 1. The second-order valence-corrected chi connectivity index (χ2v) is 9.00. The van der Waals surface area contributed by atoms with Crippen LogP contribution in [0.1, 0.15) is 56.9 Å². The molecule has 6 heteroatoms. The molecule has 0 aromatic heterocycles. The molecule has 29 heavy (non-hydrogen) atoms. The molecule has 0 saturated carbocycles. The zero-order valence-electron chi connectivity index (χ0n) is 17.4. The number of halogens is 2. The van der Waals surface area contributed by atoms with Crippen molar-refractivity contribution in [3.63, 3.8) is 0 Å². The second kappa shape index (κ2) is 7.52. The van der Waals surface area contributed by atoms with E-state index < -0.39 is 17.2 Å². The van der Waals surface area contributed by atoms with Gasteiger partial charge in [0.15, 0.2) is 11.6 Å². The minimum absolute atomic E-state index is 0.0813. The van der Waals surface area contributed by atoms with Gasteiger partial charge >= 0.3 is 5.97 Å². The third-order valence-corrected chi connectivity index (χ3v) is 5.57. The largest absolute Gasteiger partial charge is 0.487 e. The van der Waals surface area contributed by atoms with Crippen molar-refractivity contribution in [1.29, 1.82) is 0 Å². The number of rotatable bonds is 6. The van der Waals surface area contributed by atoms with E-state index in [2.05, 4.69) is 0 Å². The van der Waals surface area contributed by atoms with Gasteiger partial charge in [-0.3, -0.25) is 4.79 Å². The first-order chi connectivity index (χ1) is 13.5. The Morgan fingerprint density at radius 3 is 2.66 bits per heavy atom. The fourth-order valence-electron chi connectivity index (χ4n) is 3.77. The average Bonchev–Trinajstić information content (AvgIpc) is 2.93. The van der Waals surface area contributed by atoms with Crippen LogP contribution >= 0.6 is 11.6 Å². The molecule has 1 aliphatic heterocycles. The lowest BCUT2D eigenvalue weighted by molar-refractivity contribution is -0.142. The van der Waals surface area contributed by atoms with E-state index in [4.69, 9.17) is 21.1 Å². The molecular weight excluding hydrogens is 395 g/mol. The Morgan fingerprint density at radius 1 is 1.34 bits per heavy atom. The van der Waals surface area contributed by atoms with Crippen molar-refractivity contribution in [3.05, 3.63) is 57.4 Å². The summed E-state index contributed by atoms with van der Waals surface area (Å²) in [7, 11) is 0. The first-order valence-corrected chi connectivity index (χ1v) is 10.0. The predicted octanol–water partition coefficient (Wildman–Crippen LogP) is 5.70. The Kier molecular flexibility index (Phi) is 5.56. The third kappa shape index (κ3) is 4.06. The molecule has 0 atom stereocenters. The van der Waals surface area contributed by atoms with E-state index in [0.717, 1.165) is 23.3 Å². The van der Waals surface area contributed by atoms with Gasteiger partial charge < -0.3 is 14.6 Å². The molecule has 0 amide bonds. The molecule has 2 aromatic carbocycles. The summed E-state index contributed by atoms with van der Waals surface area (Å²) < 4.78 is 26.9. The van der Waals surface area contributed by atoms with E-state index in [1.807, 2.05) is 19.9 Å². The molecule has 0 unspecified atom stereocenters. The van der Waals surface area contributed by atoms with Gasteiger partial charge in [0, 0.05) is 17.0 Å². The maximum absolute atomic E-state index is 15.1. The molecule has 0 fully saturated rings. The molecular formula is C23H26ClFO4. The lowest BCUT2D eigenvalue weighted by Crippen LogP contribution is -2.30. The van der Waals surface area contributed by atoms with Gasteiger partial charge in [-0.1, -0.05) is 24.6 Å². The normalized spacial score (nSPS) is 15.0. The van der Waals surface area contributed by atoms with Gasteiger partial charge in [-0.25, -0.2) is 4.39 Å². The molecule has 2 aromatic rings. The number of ether oxygens (including phenoxy) is 2. The van der Waals surface area contributed by atoms with E-state index in [-0.39, 0.29) is 18.0 Å². The average molecular weight is 421 g/mol. The van der Waals surface area contributed by atoms with Crippen LogP contribution in [0.4, 0.5) is 4.39 Å². The van der Waals surface area contributed by atoms with Gasteiger partial charge in [-0.05, 0) is 69.0 Å². The number of benzene rings is 2. The standard InChI is InChI=1S/C23H26ClFO4/c1-6-16-17(23(4,5)21(26)27)7-8-18(19(16)25)28-12-14-10-15(24)9-13-11-22(2,3)29-20(13)14/h7-10H,6,11-12H2,1-5H3,(H,26,27). The molecule has 0 aliphatic carbocycles. The fourth-order valence-corrected chi connectivity index (χ4v) is 4.03. The van der Waals surface area contributed by atoms with Crippen molar-refractivity contribution in [3.8, 4) is 11.5 Å². The Balaban J connectivity index is 1.91. The summed E-state index contributed by atoms with van der Waals surface area (Å²) in [5.74, 6) is -0.717. The highest BCUT2D eigenvalue weighted by molar-refractivity contribution is 6.30. The Morgan fingerprint density at radius 2 is 2.03 bits per heavy atom. The van der Waals surface area contributed by atoms with Gasteiger partial charge in [-0.15, -0.1) is 0 Å². The molecule has 4 nitrogen and oxygen atoms in total. The van der Waals surface area contributed by atoms with Crippen LogP contribution in [0.15, 0.2) is 24.3 Å². The predicted molar refractivity (Wildman–Crippen MR) is 111 cm³/mol. The number of fused-ring (bicyclic) bond motifs is 1. The summed E-state index contributed by atoms with van der Waals surface area (Å²) in [5, 5.41) is 10.1. The molecule has 1 N–H and O–H groups in total. The molecule has 0 saturated heterocycles. The van der Waals surface area contributed by atoms with Crippen LogP contribution in [0.5, 0.6) is 11.5 Å². The number of carboxylic acids is 1. The first kappa shape index (κ1) is 21.4. The smallest absolute Gasteiger partial charge is 0.313 e. The Labute approximate surface area is 175 Å². The van der Waals surface area contributed by atoms with Crippen LogP contribution < -0.4 is 9.47 Å². The number of hydrogen-bond donors (Lipinski definition) is 1. The highest BCUT2D eigenvalue weighted by Gasteiger charge is 2.34. The molecule has 156 valence electrons. The van der Waals surface area contributed by atoms with Crippen LogP contribution in [0.2, 0.25) is 5.02 Å². The van der Waals surface area contributed by atoms with Crippen molar-refractivity contribution in [2.45, 2.75) is 65.1 Å². The number of hydrogen-bond acceptors (Lipinski definition) is 3. The maximum atomic E-state index is 15.1. The summed E-state index contributed by atoms with van der Waals surface area (Å²) in [5.41, 5.74) is 1.04. The van der Waals surface area contributed by atoms with Gasteiger partial charge in [0.2, 0.25) is 0 Å². The van der Waals surface area contributed by atoms with Gasteiger partial charge in [0.1, 0.15) is 18.0 Å². The van der Waals surface area contributed by atoms with Crippen LogP contribution in [-0.2, 0) is 29.7 Å². The van der Waals surface area contributed by atoms with Crippen molar-refractivity contribution in [2.24, 2.45) is 0 Å². The minimum Gasteiger partial charge on any atom is -0.487 e. The third-order valence-electron chi connectivity index (χ3n) is 5.35. The van der Waals surface area contributed by atoms with E-state index in [1.54, 1.807) is 32.9 Å². The topological polar surface area (TPSA) is 55.8 Å². The Hall–Kier alpha value is -2.27. The lowest BCUT2D eigenvalue weighted by Gasteiger charge is -2.24. The van der Waals surface area contributed by atoms with Crippen LogP contribution in [0.25, 0.3) is 0 Å². The second-order valence-electron chi connectivity index (χ2n) is 8.57. The van der Waals surface area contributed by atoms with Gasteiger partial charge in [0.05, 0.1) is 5.41 Å². The highest BCUT2D eigenvalue weighted by atomic mass is 35.5. The van der Waals surface area contributed by atoms with Gasteiger partial charge in [-0.2, -0.15) is 0 Å². The van der Waals surface area contributed by atoms with E-state index in [1.165, 1.54) is 6.07 Å². The quantitative estimate of drug-likeness (QED) is 0.651. The van der Waals surface area contributed by atoms with Crippen molar-refractivity contribution >= 4 is 17.6 Å². The maximum Gasteiger partial charge on any atom is 0.313 e. The summed E-state index contributed by atoms with van der Waals surface area (Å²) in [6, 6.07) is 6.77. The molecule has 1 aliphatic rings. The molecule has 0 spiro atoms. The van der Waals surface area contributed by atoms with Crippen molar-refractivity contribution in [1.82, 2.24) is 0 Å². The van der Waals surface area contributed by atoms with Gasteiger partial charge in [0.25, 0.3) is 0 Å². The minimum atomic E-state index is -1.20. The highest BCUT2D eigenvalue weighted by Crippen LogP contribution is 2.40. The van der Waals surface area contributed by atoms with Crippen LogP contribution in [0, 0.1) is 5.82 Å². The summed E-state index contributed by atoms with van der Waals surface area (Å²) in [6.45, 7) is 9.03. The van der Waals surface area contributed by atoms with Crippen LogP contribution in [-0.4, -0.2) is 16.7 Å². The zero-order valence-corrected chi connectivity index (χ0v) is 18.1. The number of carboxylic acid groups (broad SMARTS) is 1. The van der Waals surface area contributed by atoms with Crippen molar-refractivity contribution in [2.75, 3.05) is 0 Å². The first-order valence-electron chi connectivity index (χ1n) is 9.64. The van der Waals surface area contributed by atoms with E-state index in [9.17, 15) is 9.90 Å².